The molecule has 0 saturated heterocycles. The summed E-state index contributed by atoms with van der Waals surface area (Å²) in [6.45, 7) is 22.5. The first-order valence-corrected chi connectivity index (χ1v) is 18.0. The van der Waals surface area contributed by atoms with E-state index in [9.17, 15) is 38.4 Å². The van der Waals surface area contributed by atoms with Gasteiger partial charge in [-0.2, -0.15) is 0 Å². The van der Waals surface area contributed by atoms with E-state index in [1.807, 2.05) is 0 Å². The highest BCUT2D eigenvalue weighted by molar-refractivity contribution is 5.83. The number of rotatable bonds is 35. The number of carbonyl (C=O) groups excluding carboxylic acids is 8. The quantitative estimate of drug-likeness (QED) is 0.0507. The van der Waals surface area contributed by atoms with Gasteiger partial charge in [0.1, 0.15) is 33.0 Å². The third-order valence-electron chi connectivity index (χ3n) is 8.20. The predicted molar refractivity (Wildman–Crippen MR) is 212 cm³/mol. The summed E-state index contributed by atoms with van der Waals surface area (Å²) in [6.07, 6.45) is 7.00. The van der Waals surface area contributed by atoms with E-state index in [0.29, 0.717) is 0 Å². The van der Waals surface area contributed by atoms with E-state index in [1.165, 1.54) is 0 Å². The van der Waals surface area contributed by atoms with Crippen LogP contribution in [0, 0.1) is 16.2 Å². The summed E-state index contributed by atoms with van der Waals surface area (Å²) < 4.78 is 54.8. The molecule has 0 N–H and O–H groups in total. The van der Waals surface area contributed by atoms with Crippen molar-refractivity contribution in [2.45, 2.75) is 19.3 Å². The zero-order valence-electron chi connectivity index (χ0n) is 33.7. The van der Waals surface area contributed by atoms with Crippen molar-refractivity contribution >= 4 is 47.8 Å². The van der Waals surface area contributed by atoms with Crippen LogP contribution in [0.15, 0.2) is 101 Å². The van der Waals surface area contributed by atoms with Crippen LogP contribution >= 0.6 is 0 Å². The second-order valence-corrected chi connectivity index (χ2v) is 12.9. The Balaban J connectivity index is 7.13. The Hall–Kier alpha value is -6.40. The van der Waals surface area contributed by atoms with Crippen LogP contribution in [-0.4, -0.2) is 127 Å². The van der Waals surface area contributed by atoms with E-state index in [0.717, 1.165) is 48.6 Å². The highest BCUT2D eigenvalue weighted by Gasteiger charge is 2.40. The van der Waals surface area contributed by atoms with Gasteiger partial charge in [-0.1, -0.05) is 52.6 Å². The maximum Gasteiger partial charge on any atom is 0.330 e. The lowest BCUT2D eigenvalue weighted by molar-refractivity contribution is -0.165. The lowest BCUT2D eigenvalue weighted by atomic mass is 9.85. The predicted octanol–water partition coefficient (Wildman–Crippen LogP) is 2.98. The largest absolute Gasteiger partial charge is 0.463 e. The van der Waals surface area contributed by atoms with Gasteiger partial charge in [-0.25, -0.2) is 38.4 Å². The Morgan fingerprint density at radius 3 is 0.633 bits per heavy atom. The molecule has 18 nitrogen and oxygen atoms in total. The summed E-state index contributed by atoms with van der Waals surface area (Å²) in [4.78, 5) is 97.0. The van der Waals surface area contributed by atoms with Crippen LogP contribution in [0.3, 0.4) is 0 Å². The highest BCUT2D eigenvalue weighted by Crippen LogP contribution is 2.32. The average molecular weight is 847 g/mol. The van der Waals surface area contributed by atoms with E-state index < -0.39 is 97.0 Å². The van der Waals surface area contributed by atoms with Gasteiger partial charge in [0.15, 0.2) is 0 Å². The molecule has 0 spiro atoms. The molecule has 18 heteroatoms. The van der Waals surface area contributed by atoms with Crippen LogP contribution in [0.5, 0.6) is 0 Å². The van der Waals surface area contributed by atoms with Gasteiger partial charge in [-0.05, 0) is 19.3 Å². The van der Waals surface area contributed by atoms with Crippen LogP contribution in [-0.2, 0) is 85.7 Å². The van der Waals surface area contributed by atoms with E-state index in [-0.39, 0.29) is 65.5 Å². The maximum atomic E-state index is 12.4. The lowest BCUT2D eigenvalue weighted by Gasteiger charge is -2.37. The molecule has 0 atom stereocenters. The molecule has 0 aliphatic heterocycles. The topological polar surface area (TPSA) is 229 Å². The second-order valence-electron chi connectivity index (χ2n) is 12.9. The monoisotopic (exact) mass is 846 g/mol. The van der Waals surface area contributed by atoms with Gasteiger partial charge in [-0.15, -0.1) is 0 Å². The Labute approximate surface area is 349 Å². The van der Waals surface area contributed by atoms with Crippen molar-refractivity contribution in [2.75, 3.05) is 79.3 Å². The molecule has 0 unspecified atom stereocenters. The fourth-order valence-corrected chi connectivity index (χ4v) is 4.69. The van der Waals surface area contributed by atoms with Gasteiger partial charge in [0.2, 0.25) is 0 Å². The molecule has 0 aromatic carbocycles. The number of carbonyl (C=O) groups is 8. The Morgan fingerprint density at radius 2 is 0.450 bits per heavy atom. The van der Waals surface area contributed by atoms with Crippen molar-refractivity contribution < 1.29 is 85.7 Å². The smallest absolute Gasteiger partial charge is 0.330 e. The molecule has 0 heterocycles. The molecular weight excluding hydrogens is 792 g/mol. The van der Waals surface area contributed by atoms with Crippen LogP contribution in [0.2, 0.25) is 0 Å². The first-order valence-electron chi connectivity index (χ1n) is 18.0. The minimum absolute atomic E-state index is 0.0981. The molecule has 0 aromatic rings. The van der Waals surface area contributed by atoms with Crippen LogP contribution < -0.4 is 0 Å². The van der Waals surface area contributed by atoms with Crippen molar-refractivity contribution in [2.24, 2.45) is 16.2 Å². The molecule has 0 rings (SSSR count). The van der Waals surface area contributed by atoms with Crippen LogP contribution in [0.1, 0.15) is 19.3 Å². The van der Waals surface area contributed by atoms with Gasteiger partial charge in [0.25, 0.3) is 0 Å². The van der Waals surface area contributed by atoms with Crippen LogP contribution in [0.4, 0.5) is 0 Å². The minimum atomic E-state index is -1.41. The van der Waals surface area contributed by atoms with E-state index in [4.69, 9.17) is 47.4 Å². The molecule has 0 aliphatic carbocycles. The number of hydrogen-bond donors (Lipinski definition) is 0. The van der Waals surface area contributed by atoms with Crippen molar-refractivity contribution in [1.82, 2.24) is 0 Å². The zero-order chi connectivity index (χ0) is 45.5. The molecule has 0 fully saturated rings. The molecule has 0 bridgehead atoms. The summed E-state index contributed by atoms with van der Waals surface area (Å²) in [6, 6.07) is 0. The lowest BCUT2D eigenvalue weighted by Crippen LogP contribution is -2.45. The SMILES string of the molecule is C=CC(=O)OCCC(COCC(CCOC(=O)C=C)(COC(=O)C=C)COC(=O)C=C)(COCC(CCOC(=O)C=C)(COC(=O)C=C)COC(=O)C=C)COC(=O)C=C. The number of hydrogen-bond acceptors (Lipinski definition) is 18. The molecule has 0 saturated carbocycles. The summed E-state index contributed by atoms with van der Waals surface area (Å²) >= 11 is 0. The Morgan fingerprint density at radius 1 is 0.283 bits per heavy atom. The van der Waals surface area contributed by atoms with Gasteiger partial charge in [0.05, 0.1) is 62.5 Å². The van der Waals surface area contributed by atoms with Gasteiger partial charge < -0.3 is 47.4 Å². The number of esters is 8. The summed E-state index contributed by atoms with van der Waals surface area (Å²) in [7, 11) is 0. The van der Waals surface area contributed by atoms with Gasteiger partial charge >= 0.3 is 47.8 Å². The van der Waals surface area contributed by atoms with Crippen molar-refractivity contribution in [3.63, 3.8) is 0 Å². The Kier molecular flexibility index (Phi) is 26.6. The maximum absolute atomic E-state index is 12.4. The molecule has 60 heavy (non-hydrogen) atoms. The summed E-state index contributed by atoms with van der Waals surface area (Å²) in [5, 5.41) is 0. The van der Waals surface area contributed by atoms with Crippen molar-refractivity contribution in [1.29, 1.82) is 0 Å². The average Bonchev–Trinajstić information content (AvgIpc) is 3.26. The molecular formula is C42H54O18. The zero-order valence-corrected chi connectivity index (χ0v) is 33.7. The third-order valence-corrected chi connectivity index (χ3v) is 8.20. The van der Waals surface area contributed by atoms with Crippen molar-refractivity contribution in [3.8, 4) is 0 Å². The van der Waals surface area contributed by atoms with Gasteiger partial charge in [0, 0.05) is 48.6 Å². The third kappa shape index (κ3) is 22.5. The van der Waals surface area contributed by atoms with Crippen LogP contribution in [0.25, 0.3) is 0 Å². The molecule has 0 radical (unpaired) electrons. The van der Waals surface area contributed by atoms with Crippen molar-refractivity contribution in [3.05, 3.63) is 101 Å². The van der Waals surface area contributed by atoms with Gasteiger partial charge in [-0.3, -0.25) is 0 Å². The first kappa shape index (κ1) is 53.6. The summed E-state index contributed by atoms with van der Waals surface area (Å²) in [5.41, 5.74) is -4.19. The molecule has 0 aromatic heterocycles. The van der Waals surface area contributed by atoms with E-state index in [1.54, 1.807) is 0 Å². The van der Waals surface area contributed by atoms with E-state index >= 15 is 0 Å². The summed E-state index contributed by atoms with van der Waals surface area (Å²) in [5.74, 6) is -6.49. The fraction of sp³-hybridized carbons (Fsp3) is 0.429. The standard InChI is InChI=1S/C42H54O18/c1-9-32(43)53-20-17-40(27-56-35(46)12-4,23-51-25-41(28-57-36(47)13-5,29-58-37(48)14-6)18-21-54-33(44)10-2)24-52-26-42(30-59-38(49)15-7,31-60-39(50)16-8)19-22-55-34(45)11-3/h9-16H,1-8,17-31H2. The molecule has 0 amide bonds. The highest BCUT2D eigenvalue weighted by atomic mass is 16.6. The fourth-order valence-electron chi connectivity index (χ4n) is 4.69. The normalized spacial score (nSPS) is 10.9. The molecule has 330 valence electrons. The first-order chi connectivity index (χ1) is 28.6. The van der Waals surface area contributed by atoms with E-state index in [2.05, 4.69) is 52.6 Å². The Bertz CT molecular complexity index is 1440. The second kappa shape index (κ2) is 29.8. The number of ether oxygens (including phenoxy) is 10. The minimum Gasteiger partial charge on any atom is -0.463 e. The molecule has 0 aliphatic rings.